The Kier molecular flexibility index (Phi) is 3.60. The van der Waals surface area contributed by atoms with Gasteiger partial charge in [-0.3, -0.25) is 4.79 Å². The number of para-hydroxylation sites is 1. The lowest BCUT2D eigenvalue weighted by molar-refractivity contribution is 0.0304. The van der Waals surface area contributed by atoms with Crippen LogP contribution in [0.15, 0.2) is 54.6 Å². The molecule has 1 aliphatic heterocycles. The Hall–Kier alpha value is -2.59. The topological polar surface area (TPSA) is 45.3 Å². The maximum atomic E-state index is 13.1. The van der Waals surface area contributed by atoms with E-state index in [4.69, 9.17) is 4.74 Å². The summed E-state index contributed by atoms with van der Waals surface area (Å²) in [5.74, 6) is 0.0737. The second kappa shape index (κ2) is 5.89. The van der Waals surface area contributed by atoms with E-state index in [1.165, 1.54) is 0 Å². The monoisotopic (exact) mass is 306 g/mol. The molecule has 2 aromatic carbocycles. The zero-order chi connectivity index (χ0) is 15.6. The van der Waals surface area contributed by atoms with E-state index >= 15 is 0 Å². The van der Waals surface area contributed by atoms with E-state index in [0.29, 0.717) is 26.3 Å². The van der Waals surface area contributed by atoms with E-state index in [0.717, 1.165) is 27.7 Å². The Balaban J connectivity index is 1.87. The van der Waals surface area contributed by atoms with Crippen LogP contribution < -0.4 is 0 Å². The van der Waals surface area contributed by atoms with Crippen molar-refractivity contribution in [3.63, 3.8) is 0 Å². The number of aromatic nitrogens is 1. The molecule has 0 aliphatic carbocycles. The van der Waals surface area contributed by atoms with E-state index in [1.54, 1.807) is 0 Å². The molecule has 4 heteroatoms. The van der Waals surface area contributed by atoms with E-state index in [2.05, 4.69) is 4.98 Å². The molecule has 1 amide bonds. The average molecular weight is 306 g/mol. The van der Waals surface area contributed by atoms with Crippen LogP contribution >= 0.6 is 0 Å². The highest BCUT2D eigenvalue weighted by Crippen LogP contribution is 2.31. The number of nitrogens with one attached hydrogen (secondary N) is 1. The van der Waals surface area contributed by atoms with Crippen molar-refractivity contribution in [2.75, 3.05) is 26.3 Å². The normalized spacial score (nSPS) is 15.0. The number of fused-ring (bicyclic) bond motifs is 1. The first kappa shape index (κ1) is 14.0. The predicted octanol–water partition coefficient (Wildman–Crippen LogP) is 3.31. The Morgan fingerprint density at radius 2 is 1.65 bits per heavy atom. The summed E-state index contributed by atoms with van der Waals surface area (Å²) in [6.07, 6.45) is 0. The maximum absolute atomic E-state index is 13.1. The molecule has 1 fully saturated rings. The van der Waals surface area contributed by atoms with Gasteiger partial charge < -0.3 is 14.6 Å². The van der Waals surface area contributed by atoms with Crippen LogP contribution in [0, 0.1) is 0 Å². The van der Waals surface area contributed by atoms with Crippen LogP contribution in [-0.2, 0) is 4.74 Å². The number of hydrogen-bond donors (Lipinski definition) is 1. The minimum Gasteiger partial charge on any atom is -0.378 e. The van der Waals surface area contributed by atoms with Gasteiger partial charge >= 0.3 is 0 Å². The fraction of sp³-hybridized carbons (Fsp3) is 0.211. The second-order valence-electron chi connectivity index (χ2n) is 5.69. The lowest BCUT2D eigenvalue weighted by Crippen LogP contribution is -2.40. The molecule has 0 unspecified atom stereocenters. The highest BCUT2D eigenvalue weighted by Gasteiger charge is 2.25. The molecule has 1 aromatic heterocycles. The van der Waals surface area contributed by atoms with Crippen molar-refractivity contribution in [3.8, 4) is 11.3 Å². The number of morpholine rings is 1. The molecular formula is C19H18N2O2. The van der Waals surface area contributed by atoms with Crippen LogP contribution in [0.25, 0.3) is 22.2 Å². The molecule has 0 atom stereocenters. The number of benzene rings is 2. The second-order valence-corrected chi connectivity index (χ2v) is 5.69. The van der Waals surface area contributed by atoms with Gasteiger partial charge in [0.05, 0.1) is 24.5 Å². The molecule has 0 radical (unpaired) electrons. The van der Waals surface area contributed by atoms with Gasteiger partial charge in [0, 0.05) is 24.0 Å². The third kappa shape index (κ3) is 2.51. The van der Waals surface area contributed by atoms with Crippen molar-refractivity contribution in [3.05, 3.63) is 60.2 Å². The predicted molar refractivity (Wildman–Crippen MR) is 90.5 cm³/mol. The van der Waals surface area contributed by atoms with Crippen LogP contribution in [0.1, 0.15) is 10.4 Å². The Labute approximate surface area is 134 Å². The molecule has 3 aromatic rings. The van der Waals surface area contributed by atoms with Crippen molar-refractivity contribution in [1.82, 2.24) is 9.88 Å². The quantitative estimate of drug-likeness (QED) is 0.789. The van der Waals surface area contributed by atoms with Gasteiger partial charge in [0.15, 0.2) is 0 Å². The lowest BCUT2D eigenvalue weighted by Gasteiger charge is -2.27. The Bertz CT molecular complexity index is 833. The van der Waals surface area contributed by atoms with E-state index in [9.17, 15) is 4.79 Å². The van der Waals surface area contributed by atoms with Gasteiger partial charge in [-0.05, 0) is 11.6 Å². The standard InChI is InChI=1S/C19H18N2O2/c22-19(21-10-12-23-13-11-21)17-15-8-4-5-9-16(15)20-18(17)14-6-2-1-3-7-14/h1-9,20H,10-13H2. The van der Waals surface area contributed by atoms with Crippen LogP contribution in [0.4, 0.5) is 0 Å². The first-order valence-corrected chi connectivity index (χ1v) is 7.88. The van der Waals surface area contributed by atoms with Crippen molar-refractivity contribution >= 4 is 16.8 Å². The van der Waals surface area contributed by atoms with E-state index < -0.39 is 0 Å². The molecule has 4 rings (SSSR count). The van der Waals surface area contributed by atoms with Crippen molar-refractivity contribution < 1.29 is 9.53 Å². The minimum absolute atomic E-state index is 0.0737. The molecule has 2 heterocycles. The Morgan fingerprint density at radius 3 is 2.43 bits per heavy atom. The fourth-order valence-corrected chi connectivity index (χ4v) is 3.11. The van der Waals surface area contributed by atoms with Gasteiger partial charge in [-0.1, -0.05) is 48.5 Å². The highest BCUT2D eigenvalue weighted by atomic mass is 16.5. The highest BCUT2D eigenvalue weighted by molar-refractivity contribution is 6.12. The molecule has 116 valence electrons. The van der Waals surface area contributed by atoms with Crippen molar-refractivity contribution in [2.24, 2.45) is 0 Å². The smallest absolute Gasteiger partial charge is 0.256 e. The van der Waals surface area contributed by atoms with E-state index in [1.807, 2.05) is 59.5 Å². The summed E-state index contributed by atoms with van der Waals surface area (Å²) in [7, 11) is 0. The number of carbonyl (C=O) groups excluding carboxylic acids is 1. The molecular weight excluding hydrogens is 288 g/mol. The maximum Gasteiger partial charge on any atom is 0.256 e. The number of carbonyl (C=O) groups is 1. The molecule has 1 aliphatic rings. The summed E-state index contributed by atoms with van der Waals surface area (Å²) in [6.45, 7) is 2.50. The van der Waals surface area contributed by atoms with Gasteiger partial charge in [-0.15, -0.1) is 0 Å². The SMILES string of the molecule is O=C(c1c(-c2ccccc2)[nH]c2ccccc12)N1CCOCC1. The largest absolute Gasteiger partial charge is 0.378 e. The summed E-state index contributed by atoms with van der Waals surface area (Å²) in [5, 5.41) is 0.975. The number of amides is 1. The van der Waals surface area contributed by atoms with Crippen LogP contribution in [-0.4, -0.2) is 42.1 Å². The molecule has 1 saturated heterocycles. The summed E-state index contributed by atoms with van der Waals surface area (Å²) >= 11 is 0. The average Bonchev–Trinajstić information content (AvgIpc) is 3.02. The molecule has 0 bridgehead atoms. The molecule has 0 saturated carbocycles. The van der Waals surface area contributed by atoms with Crippen LogP contribution in [0.3, 0.4) is 0 Å². The zero-order valence-corrected chi connectivity index (χ0v) is 12.8. The van der Waals surface area contributed by atoms with Crippen molar-refractivity contribution in [1.29, 1.82) is 0 Å². The number of hydrogen-bond acceptors (Lipinski definition) is 2. The lowest BCUT2D eigenvalue weighted by atomic mass is 10.0. The van der Waals surface area contributed by atoms with Gasteiger partial charge in [-0.2, -0.15) is 0 Å². The number of nitrogens with zero attached hydrogens (tertiary/aromatic N) is 1. The summed E-state index contributed by atoms with van der Waals surface area (Å²) in [5.41, 5.74) is 3.67. The summed E-state index contributed by atoms with van der Waals surface area (Å²) in [4.78, 5) is 18.4. The first-order valence-electron chi connectivity index (χ1n) is 7.88. The Morgan fingerprint density at radius 1 is 0.957 bits per heavy atom. The third-order valence-corrected chi connectivity index (χ3v) is 4.28. The first-order chi connectivity index (χ1) is 11.3. The molecule has 4 nitrogen and oxygen atoms in total. The van der Waals surface area contributed by atoms with Crippen molar-refractivity contribution in [2.45, 2.75) is 0 Å². The van der Waals surface area contributed by atoms with E-state index in [-0.39, 0.29) is 5.91 Å². The minimum atomic E-state index is 0.0737. The number of H-pyrrole nitrogens is 1. The number of rotatable bonds is 2. The van der Waals surface area contributed by atoms with Gasteiger partial charge in [-0.25, -0.2) is 0 Å². The van der Waals surface area contributed by atoms with Crippen LogP contribution in [0.5, 0.6) is 0 Å². The zero-order valence-electron chi connectivity index (χ0n) is 12.8. The molecule has 23 heavy (non-hydrogen) atoms. The molecule has 0 spiro atoms. The summed E-state index contributed by atoms with van der Waals surface area (Å²) in [6, 6.07) is 18.0. The van der Waals surface area contributed by atoms with Crippen LogP contribution in [0.2, 0.25) is 0 Å². The van der Waals surface area contributed by atoms with Gasteiger partial charge in [0.1, 0.15) is 0 Å². The number of ether oxygens (including phenoxy) is 1. The number of aromatic amines is 1. The van der Waals surface area contributed by atoms with Gasteiger partial charge in [0.25, 0.3) is 5.91 Å². The molecule has 1 N–H and O–H groups in total. The third-order valence-electron chi connectivity index (χ3n) is 4.28. The fourth-order valence-electron chi connectivity index (χ4n) is 3.11. The van der Waals surface area contributed by atoms with Gasteiger partial charge in [0.2, 0.25) is 0 Å². The summed E-state index contributed by atoms with van der Waals surface area (Å²) < 4.78 is 5.37.